The second kappa shape index (κ2) is 11.0. The highest BCUT2D eigenvalue weighted by atomic mass is 16.5. The molecule has 10 nitrogen and oxygen atoms in total. The summed E-state index contributed by atoms with van der Waals surface area (Å²) in [5.74, 6) is 0.103. The SMILES string of the molecule is CCO[C@H]1CCCC[C@H]1Nc1ncc(C(N)=O)c(Nc2cccc(N/N=C\C=N)c2)n1. The van der Waals surface area contributed by atoms with E-state index in [1.807, 2.05) is 25.1 Å². The summed E-state index contributed by atoms with van der Waals surface area (Å²) < 4.78 is 5.87. The number of carbonyl (C=O) groups is 1. The van der Waals surface area contributed by atoms with E-state index < -0.39 is 5.91 Å². The zero-order chi connectivity index (χ0) is 22.1. The second-order valence-electron chi connectivity index (χ2n) is 7.11. The molecule has 1 heterocycles. The van der Waals surface area contributed by atoms with Crippen LogP contribution in [0, 0.1) is 5.41 Å². The van der Waals surface area contributed by atoms with Crippen LogP contribution < -0.4 is 21.8 Å². The minimum absolute atomic E-state index is 0.110. The normalized spacial score (nSPS) is 18.5. The first-order valence-electron chi connectivity index (χ1n) is 10.3. The number of nitrogens with two attached hydrogens (primary N) is 1. The molecule has 2 atom stereocenters. The van der Waals surface area contributed by atoms with Crippen LogP contribution in [0.3, 0.4) is 0 Å². The number of hydrazone groups is 1. The van der Waals surface area contributed by atoms with Crippen LogP contribution in [-0.4, -0.2) is 47.1 Å². The molecular formula is C21H28N8O2. The van der Waals surface area contributed by atoms with Crippen molar-refractivity contribution in [2.75, 3.05) is 22.7 Å². The number of nitrogens with zero attached hydrogens (tertiary/aromatic N) is 3. The summed E-state index contributed by atoms with van der Waals surface area (Å²) in [7, 11) is 0. The van der Waals surface area contributed by atoms with Crippen molar-refractivity contribution in [2.24, 2.45) is 10.8 Å². The van der Waals surface area contributed by atoms with Crippen molar-refractivity contribution in [2.45, 2.75) is 44.8 Å². The van der Waals surface area contributed by atoms with Gasteiger partial charge in [0.25, 0.3) is 5.91 Å². The number of benzene rings is 1. The molecular weight excluding hydrogens is 396 g/mol. The molecule has 0 unspecified atom stereocenters. The number of rotatable bonds is 10. The molecule has 1 aliphatic carbocycles. The summed E-state index contributed by atoms with van der Waals surface area (Å²) in [6.07, 6.45) is 8.17. The molecule has 0 saturated heterocycles. The third kappa shape index (κ3) is 6.22. The summed E-state index contributed by atoms with van der Waals surface area (Å²) >= 11 is 0. The number of carbonyl (C=O) groups excluding carboxylic acids is 1. The van der Waals surface area contributed by atoms with Crippen molar-refractivity contribution < 1.29 is 9.53 Å². The fourth-order valence-corrected chi connectivity index (χ4v) is 3.52. The molecule has 0 spiro atoms. The van der Waals surface area contributed by atoms with E-state index in [2.05, 4.69) is 31.1 Å². The Morgan fingerprint density at radius 1 is 1.35 bits per heavy atom. The van der Waals surface area contributed by atoms with Crippen LogP contribution in [0.15, 0.2) is 35.6 Å². The first-order chi connectivity index (χ1) is 15.1. The van der Waals surface area contributed by atoms with Gasteiger partial charge in [0, 0.05) is 24.7 Å². The summed E-state index contributed by atoms with van der Waals surface area (Å²) in [4.78, 5) is 20.7. The molecule has 1 aliphatic rings. The third-order valence-corrected chi connectivity index (χ3v) is 4.92. The zero-order valence-corrected chi connectivity index (χ0v) is 17.5. The van der Waals surface area contributed by atoms with E-state index in [1.165, 1.54) is 12.4 Å². The number of aromatic nitrogens is 2. The minimum Gasteiger partial charge on any atom is -0.376 e. The molecule has 10 heteroatoms. The highest BCUT2D eigenvalue weighted by molar-refractivity contribution is 6.14. The van der Waals surface area contributed by atoms with Gasteiger partial charge in [-0.25, -0.2) is 4.98 Å². The monoisotopic (exact) mass is 424 g/mol. The molecule has 1 saturated carbocycles. The maximum absolute atomic E-state index is 11.9. The minimum atomic E-state index is -0.622. The highest BCUT2D eigenvalue weighted by Gasteiger charge is 2.26. The highest BCUT2D eigenvalue weighted by Crippen LogP contribution is 2.26. The Morgan fingerprint density at radius 2 is 2.16 bits per heavy atom. The van der Waals surface area contributed by atoms with Crippen molar-refractivity contribution in [3.05, 3.63) is 36.0 Å². The fourth-order valence-electron chi connectivity index (χ4n) is 3.52. The maximum atomic E-state index is 11.9. The summed E-state index contributed by atoms with van der Waals surface area (Å²) in [6.45, 7) is 2.65. The lowest BCUT2D eigenvalue weighted by atomic mass is 9.92. The summed E-state index contributed by atoms with van der Waals surface area (Å²) in [6, 6.07) is 7.39. The molecule has 2 aromatic rings. The van der Waals surface area contributed by atoms with Crippen molar-refractivity contribution in [1.29, 1.82) is 5.41 Å². The van der Waals surface area contributed by atoms with Gasteiger partial charge < -0.3 is 26.5 Å². The largest absolute Gasteiger partial charge is 0.376 e. The molecule has 164 valence electrons. The Hall–Kier alpha value is -3.53. The smallest absolute Gasteiger partial charge is 0.254 e. The summed E-state index contributed by atoms with van der Waals surface area (Å²) in [5, 5.41) is 17.4. The van der Waals surface area contributed by atoms with Crippen molar-refractivity contribution in [1.82, 2.24) is 9.97 Å². The Labute approximate surface area is 181 Å². The average molecular weight is 425 g/mol. The van der Waals surface area contributed by atoms with Crippen LogP contribution in [-0.2, 0) is 4.74 Å². The van der Waals surface area contributed by atoms with Crippen LogP contribution in [0.2, 0.25) is 0 Å². The molecule has 1 amide bonds. The van der Waals surface area contributed by atoms with Crippen molar-refractivity contribution >= 4 is 41.5 Å². The second-order valence-corrected chi connectivity index (χ2v) is 7.11. The predicted octanol–water partition coefficient (Wildman–Crippen LogP) is 3.13. The van der Waals surface area contributed by atoms with Gasteiger partial charge >= 0.3 is 0 Å². The van der Waals surface area contributed by atoms with E-state index in [4.69, 9.17) is 15.9 Å². The lowest BCUT2D eigenvalue weighted by molar-refractivity contribution is 0.0279. The number of ether oxygens (including phenoxy) is 1. The molecule has 31 heavy (non-hydrogen) atoms. The lowest BCUT2D eigenvalue weighted by Crippen LogP contribution is -2.39. The third-order valence-electron chi connectivity index (χ3n) is 4.92. The van der Waals surface area contributed by atoms with E-state index >= 15 is 0 Å². The average Bonchev–Trinajstić information content (AvgIpc) is 2.76. The number of anilines is 4. The Balaban J connectivity index is 1.80. The maximum Gasteiger partial charge on any atom is 0.254 e. The van der Waals surface area contributed by atoms with E-state index in [9.17, 15) is 4.79 Å². The molecule has 1 aromatic heterocycles. The van der Waals surface area contributed by atoms with Gasteiger partial charge in [-0.2, -0.15) is 10.1 Å². The van der Waals surface area contributed by atoms with Gasteiger partial charge in [0.05, 0.1) is 24.0 Å². The van der Waals surface area contributed by atoms with Gasteiger partial charge in [0.1, 0.15) is 11.4 Å². The van der Waals surface area contributed by atoms with Crippen LogP contribution in [0.25, 0.3) is 0 Å². The van der Waals surface area contributed by atoms with E-state index in [-0.39, 0.29) is 17.7 Å². The lowest BCUT2D eigenvalue weighted by Gasteiger charge is -2.31. The van der Waals surface area contributed by atoms with E-state index in [0.717, 1.165) is 31.9 Å². The van der Waals surface area contributed by atoms with Crippen LogP contribution >= 0.6 is 0 Å². The van der Waals surface area contributed by atoms with E-state index in [0.29, 0.717) is 29.7 Å². The first kappa shape index (κ1) is 22.2. The van der Waals surface area contributed by atoms with Crippen LogP contribution in [0.5, 0.6) is 0 Å². The molecule has 6 N–H and O–H groups in total. The topological polar surface area (TPSA) is 150 Å². The standard InChI is InChI=1S/C21H28N8O2/c1-2-31-18-9-4-3-8-17(18)27-21-24-13-16(19(23)30)20(28-21)26-14-6-5-7-15(12-14)29-25-11-10-22/h5-7,10-13,17-18,22,29H,2-4,8-9H2,1H3,(H2,23,30)(H2,24,26,27,28)/b22-10?,25-11-/t17-,18+/m1/s1. The van der Waals surface area contributed by atoms with Gasteiger partial charge in [-0.1, -0.05) is 18.9 Å². The van der Waals surface area contributed by atoms with E-state index in [1.54, 1.807) is 6.07 Å². The molecule has 1 aromatic carbocycles. The molecule has 1 fully saturated rings. The van der Waals surface area contributed by atoms with Gasteiger partial charge in [-0.15, -0.1) is 0 Å². The van der Waals surface area contributed by atoms with Crippen LogP contribution in [0.1, 0.15) is 43.0 Å². The number of nitrogens with one attached hydrogen (secondary N) is 4. The zero-order valence-electron chi connectivity index (χ0n) is 17.5. The Bertz CT molecular complexity index is 931. The quantitative estimate of drug-likeness (QED) is 0.290. The summed E-state index contributed by atoms with van der Waals surface area (Å²) in [5.41, 5.74) is 9.93. The molecule has 0 radical (unpaired) electrons. The number of hydrogen-bond donors (Lipinski definition) is 5. The van der Waals surface area contributed by atoms with Crippen molar-refractivity contribution in [3.63, 3.8) is 0 Å². The number of primary amides is 1. The fraction of sp³-hybridized carbons (Fsp3) is 0.381. The first-order valence-corrected chi connectivity index (χ1v) is 10.3. The molecule has 3 rings (SSSR count). The van der Waals surface area contributed by atoms with Gasteiger partial charge in [0.2, 0.25) is 5.95 Å². The molecule has 0 bridgehead atoms. The Morgan fingerprint density at radius 3 is 2.94 bits per heavy atom. The predicted molar refractivity (Wildman–Crippen MR) is 122 cm³/mol. The molecule has 0 aliphatic heterocycles. The van der Waals surface area contributed by atoms with Crippen LogP contribution in [0.4, 0.5) is 23.1 Å². The van der Waals surface area contributed by atoms with Gasteiger partial charge in [0.15, 0.2) is 0 Å². The number of amides is 1. The van der Waals surface area contributed by atoms with Crippen molar-refractivity contribution in [3.8, 4) is 0 Å². The Kier molecular flexibility index (Phi) is 7.88. The number of hydrogen-bond acceptors (Lipinski definition) is 9. The van der Waals surface area contributed by atoms with Gasteiger partial charge in [-0.3, -0.25) is 10.2 Å². The van der Waals surface area contributed by atoms with Gasteiger partial charge in [-0.05, 0) is 38.0 Å².